The van der Waals surface area contributed by atoms with Crippen molar-refractivity contribution in [3.63, 3.8) is 0 Å². The van der Waals surface area contributed by atoms with Gasteiger partial charge in [-0.1, -0.05) is 12.1 Å². The number of amides is 3. The second-order valence-corrected chi connectivity index (χ2v) is 6.20. The van der Waals surface area contributed by atoms with Gasteiger partial charge in [0.25, 0.3) is 0 Å². The van der Waals surface area contributed by atoms with Gasteiger partial charge in [0.2, 0.25) is 5.91 Å². The van der Waals surface area contributed by atoms with Crippen LogP contribution in [0.1, 0.15) is 11.9 Å². The number of hydrogen-bond acceptors (Lipinski definition) is 4. The topological polar surface area (TPSA) is 74.3 Å². The number of urea groups is 1. The van der Waals surface area contributed by atoms with Gasteiger partial charge in [-0.2, -0.15) is 0 Å². The van der Waals surface area contributed by atoms with E-state index in [0.717, 1.165) is 22.0 Å². The Morgan fingerprint density at radius 3 is 2.52 bits per heavy atom. The molecular formula is C16H20N4O2S. The number of carbonyl (C=O) groups is 2. The molecule has 6 nitrogen and oxygen atoms in total. The molecule has 0 saturated heterocycles. The fraction of sp³-hybridized carbons (Fsp3) is 0.312. The molecule has 122 valence electrons. The molecule has 0 fully saturated rings. The summed E-state index contributed by atoms with van der Waals surface area (Å²) in [4.78, 5) is 28.5. The highest BCUT2D eigenvalue weighted by Gasteiger charge is 2.07. The van der Waals surface area contributed by atoms with Crippen LogP contribution in [-0.2, 0) is 11.2 Å². The second-order valence-electron chi connectivity index (χ2n) is 5.26. The van der Waals surface area contributed by atoms with Gasteiger partial charge in [-0.3, -0.25) is 4.79 Å². The van der Waals surface area contributed by atoms with Gasteiger partial charge in [0.15, 0.2) is 0 Å². The van der Waals surface area contributed by atoms with Crippen LogP contribution < -0.4 is 10.6 Å². The molecule has 0 atom stereocenters. The summed E-state index contributed by atoms with van der Waals surface area (Å²) in [5.74, 6) is -0.0894. The minimum Gasteiger partial charge on any atom is -0.338 e. The van der Waals surface area contributed by atoms with Gasteiger partial charge in [-0.25, -0.2) is 9.78 Å². The van der Waals surface area contributed by atoms with Gasteiger partial charge in [-0.15, -0.1) is 11.3 Å². The summed E-state index contributed by atoms with van der Waals surface area (Å²) in [5.41, 5.74) is 2.67. The van der Waals surface area contributed by atoms with Crippen molar-refractivity contribution in [2.24, 2.45) is 0 Å². The smallest absolute Gasteiger partial charge is 0.316 e. The Labute approximate surface area is 139 Å². The zero-order valence-corrected chi connectivity index (χ0v) is 14.2. The zero-order chi connectivity index (χ0) is 16.8. The van der Waals surface area contributed by atoms with Crippen LogP contribution >= 0.6 is 11.3 Å². The van der Waals surface area contributed by atoms with E-state index in [0.29, 0.717) is 13.0 Å². The van der Waals surface area contributed by atoms with Gasteiger partial charge >= 0.3 is 6.03 Å². The van der Waals surface area contributed by atoms with E-state index in [1.165, 1.54) is 11.8 Å². The van der Waals surface area contributed by atoms with Crippen molar-refractivity contribution in [2.75, 3.05) is 26.0 Å². The Kier molecular flexibility index (Phi) is 5.70. The zero-order valence-electron chi connectivity index (χ0n) is 13.4. The van der Waals surface area contributed by atoms with Crippen LogP contribution in [0, 0.1) is 0 Å². The van der Waals surface area contributed by atoms with E-state index in [4.69, 9.17) is 0 Å². The molecule has 0 radical (unpaired) electrons. The van der Waals surface area contributed by atoms with Crippen molar-refractivity contribution >= 4 is 29.0 Å². The van der Waals surface area contributed by atoms with Crippen molar-refractivity contribution in [3.8, 4) is 11.3 Å². The van der Waals surface area contributed by atoms with Gasteiger partial charge in [0.1, 0.15) is 0 Å². The van der Waals surface area contributed by atoms with Crippen LogP contribution in [-0.4, -0.2) is 42.5 Å². The highest BCUT2D eigenvalue weighted by atomic mass is 32.1. The van der Waals surface area contributed by atoms with Crippen molar-refractivity contribution in [3.05, 3.63) is 34.7 Å². The molecule has 0 spiro atoms. The Bertz CT molecular complexity index is 680. The van der Waals surface area contributed by atoms with E-state index in [2.05, 4.69) is 15.6 Å². The monoisotopic (exact) mass is 332 g/mol. The summed E-state index contributed by atoms with van der Waals surface area (Å²) >= 11 is 1.57. The quantitative estimate of drug-likeness (QED) is 0.884. The lowest BCUT2D eigenvalue weighted by Crippen LogP contribution is -2.35. The van der Waals surface area contributed by atoms with Crippen LogP contribution in [0.4, 0.5) is 10.5 Å². The molecule has 7 heteroatoms. The third-order valence-corrected chi connectivity index (χ3v) is 3.98. The first-order chi connectivity index (χ1) is 11.0. The molecule has 0 aliphatic heterocycles. The normalized spacial score (nSPS) is 10.2. The number of rotatable bonds is 5. The third-order valence-electron chi connectivity index (χ3n) is 3.07. The molecule has 1 heterocycles. The summed E-state index contributed by atoms with van der Waals surface area (Å²) in [5, 5.41) is 8.53. The molecule has 3 amide bonds. The highest BCUT2D eigenvalue weighted by Crippen LogP contribution is 2.23. The van der Waals surface area contributed by atoms with Crippen LogP contribution in [0.3, 0.4) is 0 Å². The number of nitrogens with zero attached hydrogens (tertiary/aromatic N) is 2. The SMILES string of the molecule is CC(=O)Nc1ccc(-c2csc(CCNC(=O)N(C)C)n2)cc1. The minimum atomic E-state index is -0.102. The number of thiazole rings is 1. The molecule has 2 aromatic rings. The Hall–Kier alpha value is -2.41. The summed E-state index contributed by atoms with van der Waals surface area (Å²) in [7, 11) is 3.42. The Morgan fingerprint density at radius 1 is 1.22 bits per heavy atom. The van der Waals surface area contributed by atoms with Gasteiger partial charge in [0, 0.05) is 50.6 Å². The van der Waals surface area contributed by atoms with E-state index >= 15 is 0 Å². The first-order valence-electron chi connectivity index (χ1n) is 7.23. The lowest BCUT2D eigenvalue weighted by atomic mass is 10.1. The fourth-order valence-electron chi connectivity index (χ4n) is 1.92. The number of hydrogen-bond donors (Lipinski definition) is 2. The molecule has 2 rings (SSSR count). The number of nitrogens with one attached hydrogen (secondary N) is 2. The largest absolute Gasteiger partial charge is 0.338 e. The van der Waals surface area contributed by atoms with E-state index in [1.54, 1.807) is 25.4 Å². The van der Waals surface area contributed by atoms with E-state index in [9.17, 15) is 9.59 Å². The molecule has 0 saturated carbocycles. The first-order valence-corrected chi connectivity index (χ1v) is 8.11. The number of benzene rings is 1. The molecule has 0 aliphatic carbocycles. The van der Waals surface area contributed by atoms with E-state index < -0.39 is 0 Å². The molecule has 0 unspecified atom stereocenters. The van der Waals surface area contributed by atoms with Crippen molar-refractivity contribution in [1.82, 2.24) is 15.2 Å². The lowest BCUT2D eigenvalue weighted by Gasteiger charge is -2.10. The van der Waals surface area contributed by atoms with Crippen LogP contribution in [0.15, 0.2) is 29.6 Å². The summed E-state index contributed by atoms with van der Waals surface area (Å²) in [6.45, 7) is 2.04. The van der Waals surface area contributed by atoms with Crippen LogP contribution in [0.25, 0.3) is 11.3 Å². The average Bonchev–Trinajstić information content (AvgIpc) is 2.96. The lowest BCUT2D eigenvalue weighted by molar-refractivity contribution is -0.114. The van der Waals surface area contributed by atoms with Crippen molar-refractivity contribution in [2.45, 2.75) is 13.3 Å². The van der Waals surface area contributed by atoms with E-state index in [1.807, 2.05) is 29.6 Å². The maximum Gasteiger partial charge on any atom is 0.316 e. The van der Waals surface area contributed by atoms with Gasteiger partial charge in [-0.05, 0) is 12.1 Å². The van der Waals surface area contributed by atoms with E-state index in [-0.39, 0.29) is 11.9 Å². The average molecular weight is 332 g/mol. The standard InChI is InChI=1S/C16H20N4O2S/c1-11(21)18-13-6-4-12(5-7-13)14-10-23-15(19-14)8-9-17-16(22)20(2)3/h4-7,10H,8-9H2,1-3H3,(H,17,22)(H,18,21). The Morgan fingerprint density at radius 2 is 1.91 bits per heavy atom. The third kappa shape index (κ3) is 5.07. The van der Waals surface area contributed by atoms with Crippen LogP contribution in [0.5, 0.6) is 0 Å². The first kappa shape index (κ1) is 17.0. The minimum absolute atomic E-state index is 0.0894. The van der Waals surface area contributed by atoms with Gasteiger partial charge < -0.3 is 15.5 Å². The molecular weight excluding hydrogens is 312 g/mol. The highest BCUT2D eigenvalue weighted by molar-refractivity contribution is 7.09. The second kappa shape index (κ2) is 7.73. The fourth-order valence-corrected chi connectivity index (χ4v) is 2.73. The van der Waals surface area contributed by atoms with Gasteiger partial charge in [0.05, 0.1) is 10.7 Å². The molecule has 2 N–H and O–H groups in total. The molecule has 0 bridgehead atoms. The summed E-state index contributed by atoms with van der Waals surface area (Å²) in [6.07, 6.45) is 0.703. The van der Waals surface area contributed by atoms with Crippen LogP contribution in [0.2, 0.25) is 0 Å². The summed E-state index contributed by atoms with van der Waals surface area (Å²) < 4.78 is 0. The number of anilines is 1. The number of aromatic nitrogens is 1. The molecule has 23 heavy (non-hydrogen) atoms. The molecule has 1 aromatic carbocycles. The maximum atomic E-state index is 11.4. The molecule has 0 aliphatic rings. The predicted molar refractivity (Wildman–Crippen MR) is 92.6 cm³/mol. The number of carbonyl (C=O) groups excluding carboxylic acids is 2. The van der Waals surface area contributed by atoms with Crippen molar-refractivity contribution in [1.29, 1.82) is 0 Å². The summed E-state index contributed by atoms with van der Waals surface area (Å²) in [6, 6.07) is 7.46. The maximum absolute atomic E-state index is 11.4. The predicted octanol–water partition coefficient (Wildman–Crippen LogP) is 2.58. The Balaban J connectivity index is 1.93. The van der Waals surface area contributed by atoms with Crippen molar-refractivity contribution < 1.29 is 9.59 Å². The molecule has 1 aromatic heterocycles.